The molecule has 0 N–H and O–H groups in total. The van der Waals surface area contributed by atoms with Crippen LogP contribution in [0, 0.1) is 5.92 Å². The van der Waals surface area contributed by atoms with Gasteiger partial charge in [0.05, 0.1) is 11.6 Å². The quantitative estimate of drug-likeness (QED) is 0.473. The van der Waals surface area contributed by atoms with Crippen molar-refractivity contribution in [2.24, 2.45) is 15.9 Å². The molecule has 1 atom stereocenters. The smallest absolute Gasteiger partial charge is 0.130 e. The van der Waals surface area contributed by atoms with Crippen molar-refractivity contribution in [3.8, 4) is 0 Å². The van der Waals surface area contributed by atoms with Gasteiger partial charge in [-0.1, -0.05) is 17.7 Å². The second-order valence-corrected chi connectivity index (χ2v) is 2.55. The monoisotopic (exact) mass is 152 g/mol. The summed E-state index contributed by atoms with van der Waals surface area (Å²) >= 11 is 5.64. The number of hydrogen-bond donors (Lipinski definition) is 0. The Morgan fingerprint density at radius 1 is 1.50 bits per heavy atom. The Kier molecular flexibility index (Phi) is 1.21. The van der Waals surface area contributed by atoms with Gasteiger partial charge in [-0.3, -0.25) is 4.99 Å². The van der Waals surface area contributed by atoms with E-state index in [9.17, 15) is 0 Å². The van der Waals surface area contributed by atoms with Crippen molar-refractivity contribution in [2.75, 3.05) is 0 Å². The molecule has 2 heterocycles. The molecule has 0 aromatic rings. The second kappa shape index (κ2) is 2.06. The first-order valence-corrected chi connectivity index (χ1v) is 3.40. The Morgan fingerprint density at radius 2 is 2.40 bits per heavy atom. The number of allylic oxidation sites excluding steroid dienone is 2. The third-order valence-corrected chi connectivity index (χ3v) is 1.69. The molecule has 2 aliphatic heterocycles. The van der Waals surface area contributed by atoms with Crippen molar-refractivity contribution in [3.05, 3.63) is 23.5 Å². The molecule has 0 aromatic heterocycles. The van der Waals surface area contributed by atoms with Gasteiger partial charge in [-0.2, -0.15) is 0 Å². The van der Waals surface area contributed by atoms with Crippen LogP contribution in [0.25, 0.3) is 0 Å². The van der Waals surface area contributed by atoms with Gasteiger partial charge in [0.2, 0.25) is 0 Å². The van der Waals surface area contributed by atoms with Crippen LogP contribution in [0.4, 0.5) is 0 Å². The summed E-state index contributed by atoms with van der Waals surface area (Å²) in [7, 11) is 0. The maximum atomic E-state index is 5.64. The van der Waals surface area contributed by atoms with Gasteiger partial charge in [-0.15, -0.1) is 0 Å². The molecule has 50 valence electrons. The molecule has 0 aliphatic carbocycles. The van der Waals surface area contributed by atoms with Gasteiger partial charge in [0, 0.05) is 12.4 Å². The largest absolute Gasteiger partial charge is 0.260 e. The van der Waals surface area contributed by atoms with Crippen molar-refractivity contribution >= 4 is 23.5 Å². The molecule has 0 aromatic carbocycles. The molecule has 0 saturated carbocycles. The van der Waals surface area contributed by atoms with Crippen molar-refractivity contribution in [1.29, 1.82) is 0 Å². The normalized spacial score (nSPS) is 27.9. The Morgan fingerprint density at radius 3 is 3.30 bits per heavy atom. The summed E-state index contributed by atoms with van der Waals surface area (Å²) in [5.41, 5.74) is 0.986. The van der Waals surface area contributed by atoms with Crippen LogP contribution in [0.15, 0.2) is 33.5 Å². The Hall–Kier alpha value is -0.890. The van der Waals surface area contributed by atoms with Crippen LogP contribution in [0.5, 0.6) is 0 Å². The number of halogens is 1. The number of aliphatic imine (C=N–C) groups is 2. The van der Waals surface area contributed by atoms with E-state index in [0.717, 1.165) is 5.71 Å². The zero-order chi connectivity index (χ0) is 6.97. The highest BCUT2D eigenvalue weighted by molar-refractivity contribution is 6.33. The predicted molar refractivity (Wildman–Crippen MR) is 42.5 cm³/mol. The van der Waals surface area contributed by atoms with E-state index in [1.54, 1.807) is 18.5 Å². The molecule has 2 aliphatic rings. The fourth-order valence-corrected chi connectivity index (χ4v) is 1.14. The van der Waals surface area contributed by atoms with Crippen molar-refractivity contribution in [1.82, 2.24) is 0 Å². The Bertz CT molecular complexity index is 273. The van der Waals surface area contributed by atoms with Crippen LogP contribution in [-0.4, -0.2) is 11.9 Å². The number of fused-ring (bicyclic) bond motifs is 1. The van der Waals surface area contributed by atoms with Gasteiger partial charge >= 0.3 is 0 Å². The van der Waals surface area contributed by atoms with Gasteiger partial charge < -0.3 is 0 Å². The van der Waals surface area contributed by atoms with Gasteiger partial charge in [-0.25, -0.2) is 4.99 Å². The maximum Gasteiger partial charge on any atom is 0.130 e. The molecule has 0 bridgehead atoms. The fraction of sp³-hybridized carbons (Fsp3) is 0.143. The summed E-state index contributed by atoms with van der Waals surface area (Å²) in [5, 5.41) is 0.513. The maximum absolute atomic E-state index is 5.64. The molecular formula is C7H5ClN2. The molecule has 0 fully saturated rings. The van der Waals surface area contributed by atoms with E-state index in [1.807, 2.05) is 6.08 Å². The first kappa shape index (κ1) is 5.86. The summed E-state index contributed by atoms with van der Waals surface area (Å²) in [6.07, 6.45) is 7.34. The molecule has 10 heavy (non-hydrogen) atoms. The van der Waals surface area contributed by atoms with E-state index in [4.69, 9.17) is 11.6 Å². The number of rotatable bonds is 0. The highest BCUT2D eigenvalue weighted by atomic mass is 35.5. The van der Waals surface area contributed by atoms with Crippen molar-refractivity contribution in [3.63, 3.8) is 0 Å². The lowest BCUT2D eigenvalue weighted by Gasteiger charge is -2.05. The summed E-state index contributed by atoms with van der Waals surface area (Å²) in [5.74, 6) is 0.266. The lowest BCUT2D eigenvalue weighted by Crippen LogP contribution is -2.11. The first-order valence-electron chi connectivity index (χ1n) is 3.02. The summed E-state index contributed by atoms with van der Waals surface area (Å²) in [6, 6.07) is 0. The topological polar surface area (TPSA) is 24.7 Å². The fourth-order valence-electron chi connectivity index (χ4n) is 0.977. The average molecular weight is 153 g/mol. The lowest BCUT2D eigenvalue weighted by atomic mass is 10.1. The van der Waals surface area contributed by atoms with Gasteiger partial charge in [0.1, 0.15) is 5.16 Å². The van der Waals surface area contributed by atoms with Crippen molar-refractivity contribution in [2.45, 2.75) is 0 Å². The van der Waals surface area contributed by atoms with E-state index < -0.39 is 0 Å². The number of hydrogen-bond acceptors (Lipinski definition) is 2. The minimum absolute atomic E-state index is 0.266. The third kappa shape index (κ3) is 0.809. The molecule has 0 amide bonds. The van der Waals surface area contributed by atoms with E-state index in [0.29, 0.717) is 5.16 Å². The molecule has 2 rings (SSSR count). The standard InChI is InChI=1S/C7H5ClN2/c8-7-3-6-5(4-10-7)1-2-9-6/h1-5H/t5-/m0/s1. The van der Waals surface area contributed by atoms with Crippen LogP contribution >= 0.6 is 11.6 Å². The summed E-state index contributed by atoms with van der Waals surface area (Å²) in [6.45, 7) is 0. The van der Waals surface area contributed by atoms with Crippen LogP contribution < -0.4 is 0 Å². The number of nitrogens with zero attached hydrogens (tertiary/aromatic N) is 2. The van der Waals surface area contributed by atoms with Crippen LogP contribution in [0.2, 0.25) is 0 Å². The van der Waals surface area contributed by atoms with Gasteiger partial charge in [-0.05, 0) is 6.08 Å². The molecule has 0 spiro atoms. The zero-order valence-electron chi connectivity index (χ0n) is 5.16. The van der Waals surface area contributed by atoms with E-state index in [2.05, 4.69) is 9.98 Å². The van der Waals surface area contributed by atoms with E-state index in [1.165, 1.54) is 0 Å². The molecule has 0 unspecified atom stereocenters. The Balaban J connectivity index is 2.39. The van der Waals surface area contributed by atoms with Gasteiger partial charge in [0.15, 0.2) is 0 Å². The zero-order valence-corrected chi connectivity index (χ0v) is 5.92. The molecule has 0 saturated heterocycles. The van der Waals surface area contributed by atoms with Gasteiger partial charge in [0.25, 0.3) is 0 Å². The van der Waals surface area contributed by atoms with Crippen LogP contribution in [-0.2, 0) is 0 Å². The van der Waals surface area contributed by atoms with Crippen LogP contribution in [0.1, 0.15) is 0 Å². The van der Waals surface area contributed by atoms with E-state index in [-0.39, 0.29) is 5.92 Å². The Labute approximate surface area is 63.6 Å². The van der Waals surface area contributed by atoms with Crippen LogP contribution in [0.3, 0.4) is 0 Å². The predicted octanol–water partition coefficient (Wildman–Crippen LogP) is 1.74. The van der Waals surface area contributed by atoms with Crippen molar-refractivity contribution < 1.29 is 0 Å². The molecule has 0 radical (unpaired) electrons. The molecular weight excluding hydrogens is 148 g/mol. The molecule has 3 heteroatoms. The lowest BCUT2D eigenvalue weighted by molar-refractivity contribution is 1.25. The second-order valence-electron chi connectivity index (χ2n) is 2.17. The highest BCUT2D eigenvalue weighted by Gasteiger charge is 2.15. The minimum Gasteiger partial charge on any atom is -0.260 e. The highest BCUT2D eigenvalue weighted by Crippen LogP contribution is 2.17. The summed E-state index contributed by atoms with van der Waals surface area (Å²) in [4.78, 5) is 8.03. The molecule has 2 nitrogen and oxygen atoms in total. The average Bonchev–Trinajstić information content (AvgIpc) is 2.33. The SMILES string of the molecule is ClC1=CC2=NC=C[C@H]2C=N1. The summed E-state index contributed by atoms with van der Waals surface area (Å²) < 4.78 is 0. The van der Waals surface area contributed by atoms with E-state index >= 15 is 0 Å². The minimum atomic E-state index is 0.266. The first-order chi connectivity index (χ1) is 4.86. The third-order valence-electron chi connectivity index (χ3n) is 1.48.